The van der Waals surface area contributed by atoms with Gasteiger partial charge in [0.1, 0.15) is 17.9 Å². The summed E-state index contributed by atoms with van der Waals surface area (Å²) in [4.78, 5) is 1.24. The van der Waals surface area contributed by atoms with E-state index in [-0.39, 0.29) is 0 Å². The van der Waals surface area contributed by atoms with Crippen LogP contribution in [0.2, 0.25) is 0 Å². The lowest BCUT2D eigenvalue weighted by Gasteiger charge is -2.18. The lowest BCUT2D eigenvalue weighted by molar-refractivity contribution is 0.305. The molecule has 0 unspecified atom stereocenters. The molecule has 1 aromatic heterocycles. The smallest absolute Gasteiger partial charge is 0.147 e. The fourth-order valence-electron chi connectivity index (χ4n) is 2.14. The van der Waals surface area contributed by atoms with Crippen molar-refractivity contribution >= 4 is 11.8 Å². The van der Waals surface area contributed by atoms with Gasteiger partial charge in [0.2, 0.25) is 0 Å². The van der Waals surface area contributed by atoms with Gasteiger partial charge in [-0.1, -0.05) is 19.8 Å². The second kappa shape index (κ2) is 5.65. The van der Waals surface area contributed by atoms with Gasteiger partial charge in [0, 0.05) is 4.90 Å². The molecule has 0 spiro atoms. The Kier molecular flexibility index (Phi) is 3.73. The molecule has 0 N–H and O–H groups in total. The van der Waals surface area contributed by atoms with Crippen LogP contribution in [0.5, 0.6) is 5.75 Å². The highest BCUT2D eigenvalue weighted by molar-refractivity contribution is 7.98. The number of aromatic nitrogens is 3. The normalized spacial score (nSPS) is 12.9. The Morgan fingerprint density at radius 1 is 1.37 bits per heavy atom. The molecule has 0 fully saturated rings. The van der Waals surface area contributed by atoms with Crippen LogP contribution in [0.3, 0.4) is 0 Å². The van der Waals surface area contributed by atoms with E-state index in [4.69, 9.17) is 4.74 Å². The Bertz CT molecular complexity index is 568. The molecule has 0 aliphatic carbocycles. The van der Waals surface area contributed by atoms with Crippen LogP contribution in [-0.2, 0) is 5.75 Å². The van der Waals surface area contributed by atoms with Crippen LogP contribution in [-0.4, -0.2) is 21.4 Å². The lowest BCUT2D eigenvalue weighted by Crippen LogP contribution is -2.06. The van der Waals surface area contributed by atoms with Crippen LogP contribution in [0.1, 0.15) is 32.0 Å². The van der Waals surface area contributed by atoms with Gasteiger partial charge in [0.15, 0.2) is 0 Å². The molecule has 0 bridgehead atoms. The molecule has 0 radical (unpaired) electrons. The van der Waals surface area contributed by atoms with Crippen molar-refractivity contribution in [1.29, 1.82) is 0 Å². The van der Waals surface area contributed by atoms with Crippen LogP contribution >= 0.6 is 11.8 Å². The number of hydrogen-bond donors (Lipinski definition) is 0. The van der Waals surface area contributed by atoms with Crippen molar-refractivity contribution in [1.82, 2.24) is 14.8 Å². The molecular formula is C14H17N3OS. The summed E-state index contributed by atoms with van der Waals surface area (Å²) >= 11 is 1.79. The largest absolute Gasteiger partial charge is 0.494 e. The van der Waals surface area contributed by atoms with E-state index in [1.165, 1.54) is 17.7 Å². The maximum absolute atomic E-state index is 5.79. The quantitative estimate of drug-likeness (QED) is 0.784. The lowest BCUT2D eigenvalue weighted by atomic mass is 10.2. The second-order valence-corrected chi connectivity index (χ2v) is 5.61. The van der Waals surface area contributed by atoms with Gasteiger partial charge in [-0.05, 0) is 24.6 Å². The number of fused-ring (bicyclic) bond motifs is 3. The maximum Gasteiger partial charge on any atom is 0.147 e. The van der Waals surface area contributed by atoms with Gasteiger partial charge in [-0.25, -0.2) is 0 Å². The zero-order valence-electron chi connectivity index (χ0n) is 11.0. The third-order valence-corrected chi connectivity index (χ3v) is 4.22. The summed E-state index contributed by atoms with van der Waals surface area (Å²) in [6.07, 6.45) is 5.34. The number of thioether (sulfide) groups is 1. The molecule has 2 aromatic rings. The van der Waals surface area contributed by atoms with E-state index in [2.05, 4.69) is 29.3 Å². The van der Waals surface area contributed by atoms with E-state index in [0.717, 1.165) is 36.0 Å². The topological polar surface area (TPSA) is 39.9 Å². The highest BCUT2D eigenvalue weighted by Gasteiger charge is 2.17. The van der Waals surface area contributed by atoms with E-state index >= 15 is 0 Å². The van der Waals surface area contributed by atoms with E-state index in [1.807, 2.05) is 10.6 Å². The summed E-state index contributed by atoms with van der Waals surface area (Å²) in [6.45, 7) is 3.00. The third kappa shape index (κ3) is 2.61. The Morgan fingerprint density at radius 3 is 3.21 bits per heavy atom. The Balaban J connectivity index is 1.75. The first kappa shape index (κ1) is 12.5. The summed E-state index contributed by atoms with van der Waals surface area (Å²) in [6, 6.07) is 6.23. The predicted octanol–water partition coefficient (Wildman–Crippen LogP) is 3.44. The molecule has 19 heavy (non-hydrogen) atoms. The number of nitrogens with zero attached hydrogens (tertiary/aromatic N) is 3. The van der Waals surface area contributed by atoms with E-state index in [9.17, 15) is 0 Å². The number of benzene rings is 1. The zero-order chi connectivity index (χ0) is 13.1. The summed E-state index contributed by atoms with van der Waals surface area (Å²) in [7, 11) is 0. The van der Waals surface area contributed by atoms with E-state index in [1.54, 1.807) is 18.1 Å². The van der Waals surface area contributed by atoms with Crippen molar-refractivity contribution in [3.05, 3.63) is 30.4 Å². The number of ether oxygens (including phenoxy) is 1. The van der Waals surface area contributed by atoms with Gasteiger partial charge >= 0.3 is 0 Å². The molecule has 0 atom stereocenters. The van der Waals surface area contributed by atoms with Crippen molar-refractivity contribution in [3.63, 3.8) is 0 Å². The molecule has 5 heteroatoms. The van der Waals surface area contributed by atoms with Gasteiger partial charge < -0.3 is 4.74 Å². The van der Waals surface area contributed by atoms with E-state index < -0.39 is 0 Å². The molecule has 0 amide bonds. The highest BCUT2D eigenvalue weighted by Crippen LogP contribution is 2.36. The minimum absolute atomic E-state index is 0.801. The Hall–Kier alpha value is -1.49. The number of rotatable bonds is 5. The molecule has 0 saturated heterocycles. The molecular weight excluding hydrogens is 258 g/mol. The standard InChI is InChI=1S/C14H17N3OS/c1-2-3-4-7-18-11-5-6-12-13(8-11)19-9-14-16-15-10-17(12)14/h5-6,8,10H,2-4,7,9H2,1H3. The average molecular weight is 275 g/mol. The van der Waals surface area contributed by atoms with Gasteiger partial charge in [0.25, 0.3) is 0 Å². The Morgan fingerprint density at radius 2 is 2.32 bits per heavy atom. The minimum atomic E-state index is 0.801. The van der Waals surface area contributed by atoms with Crippen molar-refractivity contribution in [2.75, 3.05) is 6.61 Å². The molecule has 1 aliphatic heterocycles. The molecule has 100 valence electrons. The monoisotopic (exact) mass is 275 g/mol. The zero-order valence-corrected chi connectivity index (χ0v) is 11.8. The molecule has 0 saturated carbocycles. The molecule has 1 aromatic carbocycles. The summed E-state index contributed by atoms with van der Waals surface area (Å²) in [5.74, 6) is 2.83. The molecule has 1 aliphatic rings. The van der Waals surface area contributed by atoms with Crippen molar-refractivity contribution in [3.8, 4) is 11.4 Å². The number of unbranched alkanes of at least 4 members (excludes halogenated alkanes) is 2. The summed E-state index contributed by atoms with van der Waals surface area (Å²) < 4.78 is 7.84. The molecule has 2 heterocycles. The minimum Gasteiger partial charge on any atom is -0.494 e. The first-order valence-corrected chi connectivity index (χ1v) is 7.66. The SMILES string of the molecule is CCCCCOc1ccc2c(c1)SCc1nncn1-2. The first-order chi connectivity index (χ1) is 9.38. The predicted molar refractivity (Wildman–Crippen MR) is 75.9 cm³/mol. The van der Waals surface area contributed by atoms with Crippen molar-refractivity contribution < 1.29 is 4.74 Å². The fourth-order valence-corrected chi connectivity index (χ4v) is 3.14. The van der Waals surface area contributed by atoms with Crippen LogP contribution < -0.4 is 4.74 Å². The van der Waals surface area contributed by atoms with Gasteiger partial charge in [-0.15, -0.1) is 22.0 Å². The fraction of sp³-hybridized carbons (Fsp3) is 0.429. The van der Waals surface area contributed by atoms with Crippen LogP contribution in [0, 0.1) is 0 Å². The van der Waals surface area contributed by atoms with Gasteiger partial charge in [0.05, 0.1) is 18.0 Å². The van der Waals surface area contributed by atoms with Crippen molar-refractivity contribution in [2.24, 2.45) is 0 Å². The highest BCUT2D eigenvalue weighted by atomic mass is 32.2. The summed E-state index contributed by atoms with van der Waals surface area (Å²) in [5, 5.41) is 8.07. The average Bonchev–Trinajstić information content (AvgIpc) is 2.92. The van der Waals surface area contributed by atoms with Gasteiger partial charge in [-0.2, -0.15) is 0 Å². The number of hydrogen-bond acceptors (Lipinski definition) is 4. The van der Waals surface area contributed by atoms with Gasteiger partial charge in [-0.3, -0.25) is 4.57 Å². The summed E-state index contributed by atoms with van der Waals surface area (Å²) in [5.41, 5.74) is 1.15. The third-order valence-electron chi connectivity index (χ3n) is 3.18. The molecule has 3 rings (SSSR count). The van der Waals surface area contributed by atoms with Crippen LogP contribution in [0.15, 0.2) is 29.4 Å². The first-order valence-electron chi connectivity index (χ1n) is 6.67. The van der Waals surface area contributed by atoms with Crippen molar-refractivity contribution in [2.45, 2.75) is 36.8 Å². The van der Waals surface area contributed by atoms with Crippen LogP contribution in [0.25, 0.3) is 5.69 Å². The second-order valence-electron chi connectivity index (χ2n) is 4.59. The maximum atomic E-state index is 5.79. The Labute approximate surface area is 117 Å². The van der Waals surface area contributed by atoms with E-state index in [0.29, 0.717) is 0 Å². The van der Waals surface area contributed by atoms with Crippen LogP contribution in [0.4, 0.5) is 0 Å². The molecule has 4 nitrogen and oxygen atoms in total.